The van der Waals surface area contributed by atoms with Gasteiger partial charge in [-0.25, -0.2) is 0 Å². The molecule has 0 aromatic rings. The van der Waals surface area contributed by atoms with E-state index < -0.39 is 0 Å². The summed E-state index contributed by atoms with van der Waals surface area (Å²) in [5.41, 5.74) is 0.447. The average Bonchev–Trinajstić information content (AvgIpc) is 2.13. The molecule has 0 spiro atoms. The van der Waals surface area contributed by atoms with Gasteiger partial charge in [-0.15, -0.1) is 0 Å². The lowest BCUT2D eigenvalue weighted by Gasteiger charge is -2.24. The second kappa shape index (κ2) is 8.12. The third kappa shape index (κ3) is 10.2. The van der Waals surface area contributed by atoms with Crippen molar-refractivity contribution in [2.45, 2.75) is 47.0 Å². The van der Waals surface area contributed by atoms with E-state index in [2.05, 4.69) is 33.0 Å². The van der Waals surface area contributed by atoms with Gasteiger partial charge in [-0.3, -0.25) is 0 Å². The molecule has 2 nitrogen and oxygen atoms in total. The highest BCUT2D eigenvalue weighted by Crippen LogP contribution is 2.25. The van der Waals surface area contributed by atoms with Gasteiger partial charge in [-0.05, 0) is 43.7 Å². The first-order chi connectivity index (χ1) is 6.98. The van der Waals surface area contributed by atoms with Crippen molar-refractivity contribution in [3.8, 4) is 0 Å². The highest BCUT2D eigenvalue weighted by atomic mass is 16.5. The maximum atomic E-state index is 5.08. The molecule has 0 aromatic heterocycles. The third-order valence-electron chi connectivity index (χ3n) is 2.73. The summed E-state index contributed by atoms with van der Waals surface area (Å²) in [5.74, 6) is 0.751. The van der Waals surface area contributed by atoms with E-state index in [-0.39, 0.29) is 0 Å². The van der Waals surface area contributed by atoms with Crippen molar-refractivity contribution in [1.29, 1.82) is 0 Å². The Morgan fingerprint density at radius 2 is 1.87 bits per heavy atom. The van der Waals surface area contributed by atoms with Crippen molar-refractivity contribution < 1.29 is 4.74 Å². The van der Waals surface area contributed by atoms with Gasteiger partial charge in [0.25, 0.3) is 0 Å². The molecule has 0 bridgehead atoms. The molecule has 0 fully saturated rings. The minimum Gasteiger partial charge on any atom is -0.385 e. The molecule has 0 saturated heterocycles. The minimum absolute atomic E-state index is 0.447. The normalized spacial score (nSPS) is 12.4. The summed E-state index contributed by atoms with van der Waals surface area (Å²) in [7, 11) is 1.77. The molecule has 0 aliphatic carbocycles. The number of ether oxygens (including phenoxy) is 1. The molecule has 0 unspecified atom stereocenters. The van der Waals surface area contributed by atoms with E-state index in [1.54, 1.807) is 7.11 Å². The van der Waals surface area contributed by atoms with Gasteiger partial charge in [0.2, 0.25) is 0 Å². The Balaban J connectivity index is 3.46. The van der Waals surface area contributed by atoms with Gasteiger partial charge in [0.15, 0.2) is 0 Å². The standard InChI is InChI=1S/C13H29NO/c1-12(2)11-14-9-8-13(3,4)7-6-10-15-5/h12,14H,6-11H2,1-5H3. The van der Waals surface area contributed by atoms with Crippen molar-refractivity contribution in [3.05, 3.63) is 0 Å². The maximum Gasteiger partial charge on any atom is 0.0462 e. The predicted molar refractivity (Wildman–Crippen MR) is 67.2 cm³/mol. The molecule has 0 heterocycles. The Hall–Kier alpha value is -0.0800. The van der Waals surface area contributed by atoms with Crippen molar-refractivity contribution >= 4 is 0 Å². The molecule has 0 aliphatic rings. The zero-order valence-electron chi connectivity index (χ0n) is 11.2. The highest BCUT2D eigenvalue weighted by molar-refractivity contribution is 4.70. The number of hydrogen-bond acceptors (Lipinski definition) is 2. The number of methoxy groups -OCH3 is 1. The zero-order valence-corrected chi connectivity index (χ0v) is 11.2. The van der Waals surface area contributed by atoms with Crippen molar-refractivity contribution in [1.82, 2.24) is 5.32 Å². The van der Waals surface area contributed by atoms with Crippen LogP contribution in [0.3, 0.4) is 0 Å². The van der Waals surface area contributed by atoms with Gasteiger partial charge < -0.3 is 10.1 Å². The fourth-order valence-electron chi connectivity index (χ4n) is 1.64. The molecule has 0 radical (unpaired) electrons. The molecule has 1 N–H and O–H groups in total. The fourth-order valence-corrected chi connectivity index (χ4v) is 1.64. The van der Waals surface area contributed by atoms with Crippen LogP contribution in [0.25, 0.3) is 0 Å². The molecule has 0 aliphatic heterocycles. The first-order valence-corrected chi connectivity index (χ1v) is 6.17. The summed E-state index contributed by atoms with van der Waals surface area (Å²) in [4.78, 5) is 0. The average molecular weight is 215 g/mol. The smallest absolute Gasteiger partial charge is 0.0462 e. The summed E-state index contributed by atoms with van der Waals surface area (Å²) in [6.45, 7) is 12.3. The van der Waals surface area contributed by atoms with E-state index >= 15 is 0 Å². The van der Waals surface area contributed by atoms with Gasteiger partial charge in [0, 0.05) is 13.7 Å². The molecule has 92 valence electrons. The molecular formula is C13H29NO. The van der Waals surface area contributed by atoms with Crippen LogP contribution in [0.1, 0.15) is 47.0 Å². The van der Waals surface area contributed by atoms with Crippen LogP contribution in [0.2, 0.25) is 0 Å². The van der Waals surface area contributed by atoms with Gasteiger partial charge in [-0.1, -0.05) is 27.7 Å². The molecular weight excluding hydrogens is 186 g/mol. The second-order valence-electron chi connectivity index (χ2n) is 5.61. The predicted octanol–water partition coefficient (Wildman–Crippen LogP) is 3.07. The number of nitrogens with one attached hydrogen (secondary N) is 1. The van der Waals surface area contributed by atoms with Gasteiger partial charge >= 0.3 is 0 Å². The van der Waals surface area contributed by atoms with E-state index in [1.807, 2.05) is 0 Å². The van der Waals surface area contributed by atoms with E-state index in [1.165, 1.54) is 19.3 Å². The first-order valence-electron chi connectivity index (χ1n) is 6.17. The van der Waals surface area contributed by atoms with Crippen LogP contribution < -0.4 is 5.32 Å². The number of hydrogen-bond donors (Lipinski definition) is 1. The summed E-state index contributed by atoms with van der Waals surface area (Å²) in [6, 6.07) is 0. The molecule has 0 atom stereocenters. The van der Waals surface area contributed by atoms with Crippen LogP contribution >= 0.6 is 0 Å². The SMILES string of the molecule is COCCCC(C)(C)CCNCC(C)C. The Labute approximate surface area is 95.8 Å². The number of rotatable bonds is 9. The van der Waals surface area contributed by atoms with Crippen molar-refractivity contribution in [2.24, 2.45) is 11.3 Å². The van der Waals surface area contributed by atoms with Crippen LogP contribution in [0.5, 0.6) is 0 Å². The lowest BCUT2D eigenvalue weighted by molar-refractivity contribution is 0.172. The van der Waals surface area contributed by atoms with Gasteiger partial charge in [0.1, 0.15) is 0 Å². The highest BCUT2D eigenvalue weighted by Gasteiger charge is 2.16. The van der Waals surface area contributed by atoms with E-state index in [4.69, 9.17) is 4.74 Å². The van der Waals surface area contributed by atoms with Crippen LogP contribution in [-0.2, 0) is 4.74 Å². The molecule has 0 aromatic carbocycles. The largest absolute Gasteiger partial charge is 0.385 e. The van der Waals surface area contributed by atoms with Gasteiger partial charge in [0.05, 0.1) is 0 Å². The van der Waals surface area contributed by atoms with Crippen molar-refractivity contribution in [3.63, 3.8) is 0 Å². The van der Waals surface area contributed by atoms with E-state index in [9.17, 15) is 0 Å². The quantitative estimate of drug-likeness (QED) is 0.597. The fraction of sp³-hybridized carbons (Fsp3) is 1.00. The summed E-state index contributed by atoms with van der Waals surface area (Å²) in [6.07, 6.45) is 3.68. The third-order valence-corrected chi connectivity index (χ3v) is 2.73. The van der Waals surface area contributed by atoms with Crippen molar-refractivity contribution in [2.75, 3.05) is 26.8 Å². The minimum atomic E-state index is 0.447. The molecule has 15 heavy (non-hydrogen) atoms. The first kappa shape index (κ1) is 14.9. The van der Waals surface area contributed by atoms with Crippen LogP contribution in [0, 0.1) is 11.3 Å². The van der Waals surface area contributed by atoms with E-state index in [0.29, 0.717) is 5.41 Å². The molecule has 0 amide bonds. The maximum absolute atomic E-state index is 5.08. The second-order valence-corrected chi connectivity index (χ2v) is 5.61. The zero-order chi connectivity index (χ0) is 11.7. The molecule has 0 rings (SSSR count). The Bertz CT molecular complexity index is 143. The van der Waals surface area contributed by atoms with Crippen LogP contribution in [0.15, 0.2) is 0 Å². The summed E-state index contributed by atoms with van der Waals surface area (Å²) in [5, 5.41) is 3.50. The van der Waals surface area contributed by atoms with Crippen LogP contribution in [-0.4, -0.2) is 26.8 Å². The monoisotopic (exact) mass is 215 g/mol. The van der Waals surface area contributed by atoms with E-state index in [0.717, 1.165) is 25.6 Å². The van der Waals surface area contributed by atoms with Crippen LogP contribution in [0.4, 0.5) is 0 Å². The molecule has 2 heteroatoms. The summed E-state index contributed by atoms with van der Waals surface area (Å²) < 4.78 is 5.08. The topological polar surface area (TPSA) is 21.3 Å². The van der Waals surface area contributed by atoms with Gasteiger partial charge in [-0.2, -0.15) is 0 Å². The summed E-state index contributed by atoms with van der Waals surface area (Å²) >= 11 is 0. The Morgan fingerprint density at radius 1 is 1.20 bits per heavy atom. The lowest BCUT2D eigenvalue weighted by atomic mass is 9.84. The molecule has 0 saturated carbocycles. The lowest BCUT2D eigenvalue weighted by Crippen LogP contribution is -2.25. The Kier molecular flexibility index (Phi) is 8.07. The Morgan fingerprint density at radius 3 is 2.40 bits per heavy atom.